The minimum Gasteiger partial charge on any atom is -0.375 e. The van der Waals surface area contributed by atoms with E-state index in [-0.39, 0.29) is 22.7 Å². The van der Waals surface area contributed by atoms with E-state index in [9.17, 15) is 12.8 Å². The van der Waals surface area contributed by atoms with Crippen molar-refractivity contribution in [3.63, 3.8) is 0 Å². The Balaban J connectivity index is 1.33. The minimum absolute atomic E-state index is 0.0209. The molecule has 1 aromatic carbocycles. The molecule has 1 spiro atoms. The smallest absolute Gasteiger partial charge is 0.214 e. The summed E-state index contributed by atoms with van der Waals surface area (Å²) in [5.41, 5.74) is 0.490. The van der Waals surface area contributed by atoms with Gasteiger partial charge in [-0.25, -0.2) is 17.5 Å². The molecule has 144 valence electrons. The molecule has 2 saturated heterocycles. The van der Waals surface area contributed by atoms with Gasteiger partial charge in [0.25, 0.3) is 0 Å². The lowest BCUT2D eigenvalue weighted by atomic mass is 9.82. The largest absolute Gasteiger partial charge is 0.375 e. The summed E-state index contributed by atoms with van der Waals surface area (Å²) >= 11 is 0. The number of rotatable bonds is 5. The highest BCUT2D eigenvalue weighted by molar-refractivity contribution is 7.90. The second-order valence-corrected chi connectivity index (χ2v) is 9.94. The monoisotopic (exact) mass is 382 g/mol. The molecule has 2 heterocycles. The van der Waals surface area contributed by atoms with E-state index in [4.69, 9.17) is 4.74 Å². The fourth-order valence-corrected chi connectivity index (χ4v) is 5.78. The first kappa shape index (κ1) is 18.3. The molecule has 3 aliphatic rings. The molecule has 26 heavy (non-hydrogen) atoms. The van der Waals surface area contributed by atoms with Crippen LogP contribution in [-0.4, -0.2) is 49.9 Å². The van der Waals surface area contributed by atoms with Gasteiger partial charge >= 0.3 is 0 Å². The number of halogens is 1. The molecule has 1 aliphatic carbocycles. The number of piperidine rings is 1. The Morgan fingerprint density at radius 3 is 2.62 bits per heavy atom. The molecule has 1 atom stereocenters. The lowest BCUT2D eigenvalue weighted by molar-refractivity contribution is -0.118. The quantitative estimate of drug-likeness (QED) is 0.850. The van der Waals surface area contributed by atoms with Gasteiger partial charge in [-0.1, -0.05) is 18.2 Å². The van der Waals surface area contributed by atoms with Crippen LogP contribution < -0.4 is 4.72 Å². The van der Waals surface area contributed by atoms with E-state index in [0.29, 0.717) is 13.2 Å². The topological polar surface area (TPSA) is 58.6 Å². The van der Waals surface area contributed by atoms with Crippen LogP contribution in [0.3, 0.4) is 0 Å². The highest BCUT2D eigenvalue weighted by Gasteiger charge is 2.43. The number of hydrogen-bond acceptors (Lipinski definition) is 4. The number of ether oxygens (including phenoxy) is 1. The molecule has 0 unspecified atom stereocenters. The zero-order valence-corrected chi connectivity index (χ0v) is 15.8. The van der Waals surface area contributed by atoms with Gasteiger partial charge in [-0.05, 0) is 44.6 Å². The van der Waals surface area contributed by atoms with Gasteiger partial charge < -0.3 is 4.74 Å². The van der Waals surface area contributed by atoms with Crippen molar-refractivity contribution in [2.45, 2.75) is 62.0 Å². The van der Waals surface area contributed by atoms with Gasteiger partial charge in [-0.15, -0.1) is 0 Å². The van der Waals surface area contributed by atoms with Crippen LogP contribution in [0.15, 0.2) is 24.3 Å². The third-order valence-corrected chi connectivity index (χ3v) is 7.92. The summed E-state index contributed by atoms with van der Waals surface area (Å²) in [4.78, 5) is 2.25. The van der Waals surface area contributed by atoms with Gasteiger partial charge in [0.05, 0.1) is 10.9 Å². The first-order chi connectivity index (χ1) is 12.5. The van der Waals surface area contributed by atoms with Crippen molar-refractivity contribution in [2.24, 2.45) is 0 Å². The van der Waals surface area contributed by atoms with Crippen LogP contribution in [0.2, 0.25) is 0 Å². The summed E-state index contributed by atoms with van der Waals surface area (Å²) < 4.78 is 47.3. The average molecular weight is 383 g/mol. The molecule has 3 fully saturated rings. The Bertz CT molecular complexity index is 743. The number of benzene rings is 1. The van der Waals surface area contributed by atoms with Gasteiger partial charge in [0.1, 0.15) is 5.82 Å². The fraction of sp³-hybridized carbons (Fsp3) is 0.684. The molecule has 2 aliphatic heterocycles. The SMILES string of the molecule is O=S(=O)(N[C@@H]1CCOC2(CCN(Cc3ccccc3F)CC2)C1)C1CC1. The minimum atomic E-state index is -3.16. The lowest BCUT2D eigenvalue weighted by Gasteiger charge is -2.46. The summed E-state index contributed by atoms with van der Waals surface area (Å²) in [6.07, 6.45) is 4.79. The van der Waals surface area contributed by atoms with Crippen LogP contribution in [0.4, 0.5) is 4.39 Å². The molecule has 4 rings (SSSR count). The van der Waals surface area contributed by atoms with Crippen LogP contribution in [0.1, 0.15) is 44.1 Å². The molecule has 0 radical (unpaired) electrons. The Morgan fingerprint density at radius 1 is 1.19 bits per heavy atom. The molecule has 0 aromatic heterocycles. The van der Waals surface area contributed by atoms with E-state index in [1.54, 1.807) is 6.07 Å². The van der Waals surface area contributed by atoms with E-state index in [1.807, 2.05) is 12.1 Å². The number of hydrogen-bond donors (Lipinski definition) is 1. The summed E-state index contributed by atoms with van der Waals surface area (Å²) in [7, 11) is -3.16. The van der Waals surface area contributed by atoms with Crippen molar-refractivity contribution in [3.8, 4) is 0 Å². The average Bonchev–Trinajstić information content (AvgIpc) is 3.45. The van der Waals surface area contributed by atoms with E-state index >= 15 is 0 Å². The molecule has 0 bridgehead atoms. The van der Waals surface area contributed by atoms with Crippen LogP contribution in [-0.2, 0) is 21.3 Å². The molecule has 1 N–H and O–H groups in total. The molecule has 7 heteroatoms. The van der Waals surface area contributed by atoms with Gasteiger partial charge in [0.15, 0.2) is 0 Å². The van der Waals surface area contributed by atoms with E-state index in [0.717, 1.165) is 57.2 Å². The van der Waals surface area contributed by atoms with Gasteiger partial charge in [0.2, 0.25) is 10.0 Å². The van der Waals surface area contributed by atoms with Crippen molar-refractivity contribution in [1.29, 1.82) is 0 Å². The van der Waals surface area contributed by atoms with Crippen molar-refractivity contribution in [3.05, 3.63) is 35.6 Å². The summed E-state index contributed by atoms with van der Waals surface area (Å²) in [5.74, 6) is -0.156. The maximum atomic E-state index is 13.9. The highest BCUT2D eigenvalue weighted by Crippen LogP contribution is 2.36. The third kappa shape index (κ3) is 4.11. The molecule has 0 amide bonds. The molecular formula is C19H27FN2O3S. The maximum absolute atomic E-state index is 13.9. The predicted octanol–water partition coefficient (Wildman–Crippen LogP) is 2.42. The Hall–Kier alpha value is -1.02. The number of nitrogens with one attached hydrogen (secondary N) is 1. The molecule has 5 nitrogen and oxygen atoms in total. The van der Waals surface area contributed by atoms with Crippen LogP contribution in [0.5, 0.6) is 0 Å². The van der Waals surface area contributed by atoms with Crippen LogP contribution >= 0.6 is 0 Å². The first-order valence-electron chi connectivity index (χ1n) is 9.57. The fourth-order valence-electron chi connectivity index (χ4n) is 4.17. The van der Waals surface area contributed by atoms with Gasteiger partial charge in [0, 0.05) is 37.8 Å². The summed E-state index contributed by atoms with van der Waals surface area (Å²) in [6.45, 7) is 2.90. The van der Waals surface area contributed by atoms with E-state index in [2.05, 4.69) is 9.62 Å². The van der Waals surface area contributed by atoms with Crippen LogP contribution in [0.25, 0.3) is 0 Å². The van der Waals surface area contributed by atoms with Crippen LogP contribution in [0, 0.1) is 5.82 Å². The van der Waals surface area contributed by atoms with Crippen molar-refractivity contribution >= 4 is 10.0 Å². The van der Waals surface area contributed by atoms with Gasteiger partial charge in [-0.3, -0.25) is 4.90 Å². The van der Waals surface area contributed by atoms with Gasteiger partial charge in [-0.2, -0.15) is 0 Å². The Kier molecular flexibility index (Phi) is 5.07. The number of nitrogens with zero attached hydrogens (tertiary/aromatic N) is 1. The zero-order chi connectivity index (χ0) is 18.2. The standard InChI is InChI=1S/C19H27FN2O3S/c20-18-4-2-1-3-15(18)14-22-10-8-19(9-11-22)13-16(7-12-25-19)21-26(23,24)17-5-6-17/h1-4,16-17,21H,5-14H2/t16-/m1/s1. The zero-order valence-electron chi connectivity index (χ0n) is 15.0. The predicted molar refractivity (Wildman–Crippen MR) is 97.7 cm³/mol. The third-order valence-electron chi connectivity index (χ3n) is 5.91. The van der Waals surface area contributed by atoms with Crippen molar-refractivity contribution < 1.29 is 17.5 Å². The highest BCUT2D eigenvalue weighted by atomic mass is 32.2. The number of likely N-dealkylation sites (tertiary alicyclic amines) is 1. The number of sulfonamides is 1. The second kappa shape index (κ2) is 7.19. The summed E-state index contributed by atoms with van der Waals surface area (Å²) in [6, 6.07) is 6.89. The normalized spacial score (nSPS) is 26.9. The molecule has 1 aromatic rings. The Labute approximate surface area is 155 Å². The van der Waals surface area contributed by atoms with E-state index < -0.39 is 10.0 Å². The Morgan fingerprint density at radius 2 is 1.92 bits per heavy atom. The van der Waals surface area contributed by atoms with Crippen molar-refractivity contribution in [2.75, 3.05) is 19.7 Å². The van der Waals surface area contributed by atoms with E-state index in [1.165, 1.54) is 6.07 Å². The maximum Gasteiger partial charge on any atom is 0.214 e. The molecular weight excluding hydrogens is 355 g/mol. The molecule has 1 saturated carbocycles. The first-order valence-corrected chi connectivity index (χ1v) is 11.1. The summed E-state index contributed by atoms with van der Waals surface area (Å²) in [5, 5.41) is -0.177. The van der Waals surface area contributed by atoms with Crippen molar-refractivity contribution in [1.82, 2.24) is 9.62 Å². The lowest BCUT2D eigenvalue weighted by Crippen LogP contribution is -2.53. The second-order valence-electron chi connectivity index (χ2n) is 7.95.